The summed E-state index contributed by atoms with van der Waals surface area (Å²) in [5.74, 6) is 0.0389. The quantitative estimate of drug-likeness (QED) is 0.353. The number of hydrogen-bond donors (Lipinski definition) is 0. The van der Waals surface area contributed by atoms with Crippen LogP contribution in [0.5, 0.6) is 5.75 Å². The van der Waals surface area contributed by atoms with Gasteiger partial charge >= 0.3 is 5.97 Å². The fourth-order valence-corrected chi connectivity index (χ4v) is 1.97. The highest BCUT2D eigenvalue weighted by molar-refractivity contribution is 5.87. The predicted molar refractivity (Wildman–Crippen MR) is 84.9 cm³/mol. The minimum atomic E-state index is -0.589. The summed E-state index contributed by atoms with van der Waals surface area (Å²) in [5.41, 5.74) is 1.01. The van der Waals surface area contributed by atoms with Crippen molar-refractivity contribution in [2.24, 2.45) is 0 Å². The van der Waals surface area contributed by atoms with Crippen LogP contribution in [0.15, 0.2) is 54.6 Å². The van der Waals surface area contributed by atoms with Crippen LogP contribution in [0.2, 0.25) is 0 Å². The van der Waals surface area contributed by atoms with Crippen molar-refractivity contribution in [3.8, 4) is 5.75 Å². The number of esters is 1. The molecule has 0 bridgehead atoms. The van der Waals surface area contributed by atoms with Crippen LogP contribution in [-0.2, 0) is 16.1 Å². The highest BCUT2D eigenvalue weighted by atomic mass is 16.6. The molecule has 0 aliphatic heterocycles. The van der Waals surface area contributed by atoms with E-state index in [-0.39, 0.29) is 12.3 Å². The van der Waals surface area contributed by atoms with E-state index in [9.17, 15) is 14.9 Å². The molecule has 23 heavy (non-hydrogen) atoms. The Balaban J connectivity index is 2.01. The zero-order chi connectivity index (χ0) is 16.7. The summed E-state index contributed by atoms with van der Waals surface area (Å²) in [4.78, 5) is 22.1. The maximum Gasteiger partial charge on any atom is 0.331 e. The van der Waals surface area contributed by atoms with Crippen LogP contribution in [0.3, 0.4) is 0 Å². The number of ether oxygens (including phenoxy) is 2. The van der Waals surface area contributed by atoms with Gasteiger partial charge in [0.15, 0.2) is 0 Å². The van der Waals surface area contributed by atoms with Crippen LogP contribution in [0.4, 0.5) is 5.69 Å². The van der Waals surface area contributed by atoms with Crippen molar-refractivity contribution in [1.29, 1.82) is 0 Å². The summed E-state index contributed by atoms with van der Waals surface area (Å²) >= 11 is 0. The Kier molecular flexibility index (Phi) is 5.46. The summed E-state index contributed by atoms with van der Waals surface area (Å²) in [6, 6.07) is 13.3. The number of methoxy groups -OCH3 is 1. The number of carbonyl (C=O) groups excluding carboxylic acids is 1. The van der Waals surface area contributed by atoms with Crippen LogP contribution in [0.1, 0.15) is 11.1 Å². The normalized spacial score (nSPS) is 10.5. The average molecular weight is 313 g/mol. The smallest absolute Gasteiger partial charge is 0.331 e. The van der Waals surface area contributed by atoms with Crippen molar-refractivity contribution in [1.82, 2.24) is 0 Å². The Morgan fingerprint density at radius 3 is 2.61 bits per heavy atom. The molecule has 0 amide bonds. The first kappa shape index (κ1) is 16.2. The minimum Gasteiger partial charge on any atom is -0.496 e. The van der Waals surface area contributed by atoms with Crippen LogP contribution in [0.25, 0.3) is 6.08 Å². The van der Waals surface area contributed by atoms with Gasteiger partial charge in [0.25, 0.3) is 5.69 Å². The molecule has 0 aliphatic rings. The summed E-state index contributed by atoms with van der Waals surface area (Å²) in [5, 5.41) is 10.9. The van der Waals surface area contributed by atoms with Gasteiger partial charge in [-0.2, -0.15) is 0 Å². The second-order valence-electron chi connectivity index (χ2n) is 4.57. The molecule has 0 saturated carbocycles. The molecule has 6 nitrogen and oxygen atoms in total. The number of rotatable bonds is 6. The molecule has 2 aromatic carbocycles. The van der Waals surface area contributed by atoms with Crippen LogP contribution in [0, 0.1) is 10.1 Å². The van der Waals surface area contributed by atoms with Crippen LogP contribution in [-0.4, -0.2) is 18.0 Å². The topological polar surface area (TPSA) is 78.7 Å². The van der Waals surface area contributed by atoms with Gasteiger partial charge < -0.3 is 9.47 Å². The maximum absolute atomic E-state index is 11.8. The Hall–Kier alpha value is -3.15. The number of benzene rings is 2. The van der Waals surface area contributed by atoms with E-state index >= 15 is 0 Å². The lowest BCUT2D eigenvalue weighted by Gasteiger charge is -2.07. The molecular formula is C17H15NO5. The van der Waals surface area contributed by atoms with E-state index in [0.29, 0.717) is 11.3 Å². The highest BCUT2D eigenvalue weighted by Gasteiger charge is 2.10. The van der Waals surface area contributed by atoms with Gasteiger partial charge in [0.2, 0.25) is 0 Å². The fourth-order valence-electron chi connectivity index (χ4n) is 1.97. The molecule has 0 heterocycles. The van der Waals surface area contributed by atoms with Crippen molar-refractivity contribution in [2.45, 2.75) is 6.61 Å². The van der Waals surface area contributed by atoms with Gasteiger partial charge in [-0.3, -0.25) is 10.1 Å². The monoisotopic (exact) mass is 313 g/mol. The summed E-state index contributed by atoms with van der Waals surface area (Å²) in [6.07, 6.45) is 2.53. The van der Waals surface area contributed by atoms with Crippen molar-refractivity contribution >= 4 is 17.7 Å². The number of nitro groups is 1. The van der Waals surface area contributed by atoms with E-state index in [1.165, 1.54) is 19.3 Å². The molecule has 0 aliphatic carbocycles. The van der Waals surface area contributed by atoms with E-state index in [4.69, 9.17) is 9.47 Å². The average Bonchev–Trinajstić information content (AvgIpc) is 2.58. The number of carbonyl (C=O) groups is 1. The first-order valence-corrected chi connectivity index (χ1v) is 6.82. The third-order valence-corrected chi connectivity index (χ3v) is 3.09. The van der Waals surface area contributed by atoms with Gasteiger partial charge in [-0.05, 0) is 18.2 Å². The third-order valence-electron chi connectivity index (χ3n) is 3.09. The Labute approximate surface area is 133 Å². The van der Waals surface area contributed by atoms with Gasteiger partial charge in [0, 0.05) is 17.7 Å². The maximum atomic E-state index is 11.8. The van der Waals surface area contributed by atoms with Gasteiger partial charge in [0.1, 0.15) is 12.4 Å². The minimum absolute atomic E-state index is 0.0596. The SMILES string of the molecule is COc1ccccc1COC(=O)/C=C/c1ccccc1[N+](=O)[O-]. The van der Waals surface area contributed by atoms with Gasteiger partial charge in [-0.25, -0.2) is 4.79 Å². The van der Waals surface area contributed by atoms with Crippen molar-refractivity contribution in [3.63, 3.8) is 0 Å². The van der Waals surface area contributed by atoms with E-state index in [0.717, 1.165) is 11.6 Å². The van der Waals surface area contributed by atoms with E-state index < -0.39 is 10.9 Å². The molecular weight excluding hydrogens is 298 g/mol. The highest BCUT2D eigenvalue weighted by Crippen LogP contribution is 2.20. The molecule has 0 fully saturated rings. The molecule has 0 saturated heterocycles. The van der Waals surface area contributed by atoms with Crippen molar-refractivity contribution in [3.05, 3.63) is 75.8 Å². The Morgan fingerprint density at radius 1 is 1.17 bits per heavy atom. The number of hydrogen-bond acceptors (Lipinski definition) is 5. The Bertz CT molecular complexity index is 739. The van der Waals surface area contributed by atoms with Crippen molar-refractivity contribution in [2.75, 3.05) is 7.11 Å². The first-order valence-electron chi connectivity index (χ1n) is 6.82. The second kappa shape index (κ2) is 7.74. The van der Waals surface area contributed by atoms with Gasteiger partial charge in [0.05, 0.1) is 17.6 Å². The molecule has 0 aromatic heterocycles. The van der Waals surface area contributed by atoms with Gasteiger partial charge in [-0.15, -0.1) is 0 Å². The lowest BCUT2D eigenvalue weighted by Crippen LogP contribution is -2.02. The van der Waals surface area contributed by atoms with Gasteiger partial charge in [-0.1, -0.05) is 30.3 Å². The largest absolute Gasteiger partial charge is 0.496 e. The zero-order valence-corrected chi connectivity index (χ0v) is 12.5. The molecule has 0 unspecified atom stereocenters. The first-order chi connectivity index (χ1) is 11.1. The van der Waals surface area contributed by atoms with E-state index in [2.05, 4.69) is 0 Å². The summed E-state index contributed by atoms with van der Waals surface area (Å²) in [6.45, 7) is 0.0596. The Morgan fingerprint density at radius 2 is 1.87 bits per heavy atom. The lowest BCUT2D eigenvalue weighted by molar-refractivity contribution is -0.385. The molecule has 0 spiro atoms. The fraction of sp³-hybridized carbons (Fsp3) is 0.118. The molecule has 0 N–H and O–H groups in total. The van der Waals surface area contributed by atoms with E-state index in [1.54, 1.807) is 30.3 Å². The third kappa shape index (κ3) is 4.41. The summed E-state index contributed by atoms with van der Waals surface area (Å²) < 4.78 is 10.3. The van der Waals surface area contributed by atoms with Crippen molar-refractivity contribution < 1.29 is 19.2 Å². The number of nitro benzene ring substituents is 1. The second-order valence-corrected chi connectivity index (χ2v) is 4.57. The van der Waals surface area contributed by atoms with E-state index in [1.807, 2.05) is 12.1 Å². The molecule has 2 aromatic rings. The predicted octanol–water partition coefficient (Wildman–Crippen LogP) is 3.36. The van der Waals surface area contributed by atoms with Crippen LogP contribution >= 0.6 is 0 Å². The molecule has 2 rings (SSSR count). The number of nitrogens with zero attached hydrogens (tertiary/aromatic N) is 1. The molecule has 0 atom stereocenters. The zero-order valence-electron chi connectivity index (χ0n) is 12.5. The standard InChI is InChI=1S/C17H15NO5/c1-22-16-9-5-3-7-14(16)12-23-17(19)11-10-13-6-2-4-8-15(13)18(20)21/h2-11H,12H2,1H3/b11-10+. The number of para-hydroxylation sites is 2. The summed E-state index contributed by atoms with van der Waals surface area (Å²) in [7, 11) is 1.54. The molecule has 118 valence electrons. The molecule has 0 radical (unpaired) electrons. The lowest BCUT2D eigenvalue weighted by atomic mass is 10.1. The van der Waals surface area contributed by atoms with Crippen LogP contribution < -0.4 is 4.74 Å². The molecule has 6 heteroatoms.